The van der Waals surface area contributed by atoms with Crippen molar-refractivity contribution in [2.75, 3.05) is 0 Å². The summed E-state index contributed by atoms with van der Waals surface area (Å²) in [5, 5.41) is 2.51. The predicted octanol–water partition coefficient (Wildman–Crippen LogP) is 10.4. The Morgan fingerprint density at radius 2 is 1.09 bits per heavy atom. The van der Waals surface area contributed by atoms with Gasteiger partial charge >= 0.3 is 0 Å². The maximum atomic E-state index is 5.14. The zero-order valence-electron chi connectivity index (χ0n) is 27.4. The Morgan fingerprint density at radius 3 is 1.78 bits per heavy atom. The van der Waals surface area contributed by atoms with Crippen molar-refractivity contribution in [2.45, 2.75) is 55.4 Å². The maximum absolute atomic E-state index is 5.14. The molecule has 0 aliphatic heterocycles. The van der Waals surface area contributed by atoms with Crippen molar-refractivity contribution in [3.63, 3.8) is 0 Å². The van der Waals surface area contributed by atoms with Crippen molar-refractivity contribution >= 4 is 21.8 Å². The van der Waals surface area contributed by atoms with E-state index in [1.165, 1.54) is 72.0 Å². The molecule has 0 atom stereocenters. The molecule has 2 aromatic heterocycles. The normalized spacial score (nSPS) is 11.6. The fourth-order valence-electron chi connectivity index (χ4n) is 7.14. The van der Waals surface area contributed by atoms with E-state index in [2.05, 4.69) is 144 Å². The lowest BCUT2D eigenvalue weighted by atomic mass is 9.93. The van der Waals surface area contributed by atoms with Gasteiger partial charge in [-0.2, -0.15) is 0 Å². The van der Waals surface area contributed by atoms with Gasteiger partial charge in [0.15, 0.2) is 11.6 Å². The Bertz CT molecular complexity index is 2260. The fourth-order valence-corrected chi connectivity index (χ4v) is 7.14. The van der Waals surface area contributed by atoms with Gasteiger partial charge in [-0.1, -0.05) is 60.2 Å². The van der Waals surface area contributed by atoms with Crippen molar-refractivity contribution < 1.29 is 0 Å². The summed E-state index contributed by atoms with van der Waals surface area (Å²) in [6.07, 6.45) is 1.67. The van der Waals surface area contributed by atoms with Crippen molar-refractivity contribution in [1.29, 1.82) is 0 Å². The molecule has 0 saturated heterocycles. The van der Waals surface area contributed by atoms with E-state index in [4.69, 9.17) is 9.97 Å². The zero-order valence-corrected chi connectivity index (χ0v) is 27.4. The second-order valence-corrected chi connectivity index (χ2v) is 12.6. The number of nitrogens with zero attached hydrogens (tertiary/aromatic N) is 4. The van der Waals surface area contributed by atoms with Crippen LogP contribution in [0.25, 0.3) is 61.4 Å². The average Bonchev–Trinajstić information content (AvgIpc) is 3.33. The fraction of sp³-hybridized carbons (Fsp3) is 0.195. The van der Waals surface area contributed by atoms with E-state index in [1.54, 1.807) is 6.33 Å². The van der Waals surface area contributed by atoms with Gasteiger partial charge in [0.25, 0.3) is 0 Å². The number of rotatable bonds is 4. The first kappa shape index (κ1) is 28.7. The minimum atomic E-state index is 0.706. The molecule has 7 aromatic rings. The average molecular weight is 587 g/mol. The SMILES string of the molecule is Cc1ccc2c(c1)c1cc(-c3ccccc3)ccc1n2-c1c(C)cc(C)c(-c2ncnc(-c3c(C)c(C)cc(C)c3C)n2)c1C. The standard InChI is InChI=1S/C41H38N4/c1-23-14-16-35-33(18-23)34-21-32(31-12-10-9-11-13-31)15-17-36(34)45(35)39-27(5)20-26(4)37(30(39)8)40-42-22-43-41(44-40)38-28(6)24(2)19-25(3)29(38)7/h9-22H,1-8H3. The molecule has 7 rings (SSSR count). The molecule has 0 bridgehead atoms. The van der Waals surface area contributed by atoms with Gasteiger partial charge in [-0.3, -0.25) is 0 Å². The molecule has 5 aromatic carbocycles. The second-order valence-electron chi connectivity index (χ2n) is 12.6. The van der Waals surface area contributed by atoms with Crippen molar-refractivity contribution in [3.05, 3.63) is 130 Å². The summed E-state index contributed by atoms with van der Waals surface area (Å²) in [7, 11) is 0. The van der Waals surface area contributed by atoms with Crippen LogP contribution in [0.1, 0.15) is 44.5 Å². The summed E-state index contributed by atoms with van der Waals surface area (Å²) in [4.78, 5) is 14.6. The van der Waals surface area contributed by atoms with Crippen LogP contribution in [-0.4, -0.2) is 19.5 Å². The number of aryl methyl sites for hydroxylation is 5. The first-order valence-electron chi connectivity index (χ1n) is 15.6. The highest BCUT2D eigenvalue weighted by molar-refractivity contribution is 6.11. The van der Waals surface area contributed by atoms with Gasteiger partial charge in [0, 0.05) is 21.9 Å². The molecule has 4 nitrogen and oxygen atoms in total. The summed E-state index contributed by atoms with van der Waals surface area (Å²) in [5.41, 5.74) is 17.9. The van der Waals surface area contributed by atoms with E-state index in [1.807, 2.05) is 0 Å². The lowest BCUT2D eigenvalue weighted by molar-refractivity contribution is 1.04. The van der Waals surface area contributed by atoms with Crippen LogP contribution in [0.15, 0.2) is 85.2 Å². The Hall–Kier alpha value is -5.09. The van der Waals surface area contributed by atoms with Gasteiger partial charge in [0.1, 0.15) is 6.33 Å². The van der Waals surface area contributed by atoms with Crippen molar-refractivity contribution in [3.8, 4) is 39.6 Å². The van der Waals surface area contributed by atoms with E-state index in [9.17, 15) is 0 Å². The maximum Gasteiger partial charge on any atom is 0.163 e. The van der Waals surface area contributed by atoms with Crippen LogP contribution in [0.4, 0.5) is 0 Å². The molecule has 0 saturated carbocycles. The van der Waals surface area contributed by atoms with E-state index >= 15 is 0 Å². The molecular weight excluding hydrogens is 548 g/mol. The molecule has 0 N–H and O–H groups in total. The van der Waals surface area contributed by atoms with Gasteiger partial charge in [0.2, 0.25) is 0 Å². The monoisotopic (exact) mass is 586 g/mol. The first-order valence-corrected chi connectivity index (χ1v) is 15.6. The molecule has 45 heavy (non-hydrogen) atoms. The number of aromatic nitrogens is 4. The third-order valence-electron chi connectivity index (χ3n) is 9.57. The highest BCUT2D eigenvalue weighted by Crippen LogP contribution is 2.40. The van der Waals surface area contributed by atoms with Gasteiger partial charge in [-0.05, 0) is 130 Å². The predicted molar refractivity (Wildman–Crippen MR) is 188 cm³/mol. The van der Waals surface area contributed by atoms with E-state index in [0.717, 1.165) is 28.1 Å². The van der Waals surface area contributed by atoms with Gasteiger partial charge < -0.3 is 4.57 Å². The Morgan fingerprint density at radius 1 is 0.489 bits per heavy atom. The summed E-state index contributed by atoms with van der Waals surface area (Å²) in [6.45, 7) is 17.4. The Balaban J connectivity index is 1.48. The first-order chi connectivity index (χ1) is 21.6. The Labute approximate surface area is 265 Å². The van der Waals surface area contributed by atoms with Crippen LogP contribution in [0, 0.1) is 55.4 Å². The summed E-state index contributed by atoms with van der Waals surface area (Å²) in [6, 6.07) is 28.8. The molecule has 4 heteroatoms. The smallest absolute Gasteiger partial charge is 0.163 e. The minimum absolute atomic E-state index is 0.706. The second kappa shape index (κ2) is 10.8. The Kier molecular flexibility index (Phi) is 6.89. The summed E-state index contributed by atoms with van der Waals surface area (Å²) >= 11 is 0. The van der Waals surface area contributed by atoms with Crippen LogP contribution in [0.5, 0.6) is 0 Å². The van der Waals surface area contributed by atoms with Crippen LogP contribution in [0.2, 0.25) is 0 Å². The topological polar surface area (TPSA) is 43.6 Å². The molecule has 0 fully saturated rings. The molecule has 0 aliphatic rings. The molecular formula is C41H38N4. The largest absolute Gasteiger partial charge is 0.309 e. The zero-order chi connectivity index (χ0) is 31.6. The summed E-state index contributed by atoms with van der Waals surface area (Å²) < 4.78 is 2.44. The van der Waals surface area contributed by atoms with Crippen molar-refractivity contribution in [1.82, 2.24) is 19.5 Å². The van der Waals surface area contributed by atoms with Crippen LogP contribution in [0.3, 0.4) is 0 Å². The van der Waals surface area contributed by atoms with Gasteiger partial charge in [0.05, 0.1) is 16.7 Å². The molecule has 222 valence electrons. The van der Waals surface area contributed by atoms with Crippen LogP contribution >= 0.6 is 0 Å². The van der Waals surface area contributed by atoms with Crippen molar-refractivity contribution in [2.24, 2.45) is 0 Å². The number of hydrogen-bond donors (Lipinski definition) is 0. The quantitative estimate of drug-likeness (QED) is 0.206. The minimum Gasteiger partial charge on any atom is -0.309 e. The van der Waals surface area contributed by atoms with Crippen LogP contribution in [-0.2, 0) is 0 Å². The molecule has 2 heterocycles. The van der Waals surface area contributed by atoms with Gasteiger partial charge in [-0.15, -0.1) is 0 Å². The van der Waals surface area contributed by atoms with E-state index < -0.39 is 0 Å². The highest BCUT2D eigenvalue weighted by Gasteiger charge is 2.22. The summed E-state index contributed by atoms with van der Waals surface area (Å²) in [5.74, 6) is 1.43. The molecule has 0 radical (unpaired) electrons. The third-order valence-corrected chi connectivity index (χ3v) is 9.57. The van der Waals surface area contributed by atoms with Crippen LogP contribution < -0.4 is 0 Å². The molecule has 0 spiro atoms. The molecule has 0 unspecified atom stereocenters. The lowest BCUT2D eigenvalue weighted by Crippen LogP contribution is -2.06. The van der Waals surface area contributed by atoms with E-state index in [-0.39, 0.29) is 0 Å². The number of benzene rings is 5. The number of hydrogen-bond acceptors (Lipinski definition) is 3. The molecule has 0 aliphatic carbocycles. The lowest BCUT2D eigenvalue weighted by Gasteiger charge is -2.20. The molecule has 0 amide bonds. The highest BCUT2D eigenvalue weighted by atomic mass is 15.0. The number of fused-ring (bicyclic) bond motifs is 3. The van der Waals surface area contributed by atoms with Gasteiger partial charge in [-0.25, -0.2) is 15.0 Å². The third kappa shape index (κ3) is 4.64. The van der Waals surface area contributed by atoms with E-state index in [0.29, 0.717) is 5.82 Å².